The van der Waals surface area contributed by atoms with E-state index < -0.39 is 16.3 Å². The number of rotatable bonds is 11. The monoisotopic (exact) mass is 484 g/mol. The molecule has 2 aromatic rings. The van der Waals surface area contributed by atoms with Crippen LogP contribution in [0.5, 0.6) is 0 Å². The average molecular weight is 485 g/mol. The van der Waals surface area contributed by atoms with E-state index in [0.29, 0.717) is 48.5 Å². The van der Waals surface area contributed by atoms with E-state index in [4.69, 9.17) is 5.11 Å². The molecule has 0 spiro atoms. The molecule has 32 heavy (non-hydrogen) atoms. The topological polar surface area (TPSA) is 116 Å². The number of anilines is 1. The summed E-state index contributed by atoms with van der Waals surface area (Å²) in [4.78, 5) is 8.89. The van der Waals surface area contributed by atoms with Crippen molar-refractivity contribution >= 4 is 27.8 Å². The minimum Gasteiger partial charge on any atom is -0.394 e. The van der Waals surface area contributed by atoms with Crippen LogP contribution in [0.1, 0.15) is 31.5 Å². The van der Waals surface area contributed by atoms with Gasteiger partial charge >= 0.3 is 10.2 Å². The molecule has 0 bridgehead atoms. The summed E-state index contributed by atoms with van der Waals surface area (Å²) < 4.78 is 42.3. The maximum Gasteiger partial charge on any atom is 0.302 e. The Kier molecular flexibility index (Phi) is 8.45. The van der Waals surface area contributed by atoms with Crippen molar-refractivity contribution in [3.63, 3.8) is 0 Å². The molecule has 2 atom stereocenters. The number of benzene rings is 1. The van der Waals surface area contributed by atoms with Gasteiger partial charge in [-0.3, -0.25) is 4.72 Å². The zero-order chi connectivity index (χ0) is 23.3. The van der Waals surface area contributed by atoms with E-state index in [1.807, 2.05) is 13.8 Å². The van der Waals surface area contributed by atoms with Crippen LogP contribution in [0.2, 0.25) is 0 Å². The average Bonchev–Trinajstić information content (AvgIpc) is 2.73. The number of nitrogens with zero attached hydrogens (tertiary/aromatic N) is 3. The van der Waals surface area contributed by atoms with E-state index in [-0.39, 0.29) is 24.2 Å². The number of nitrogens with one attached hydrogen (secondary N) is 1. The van der Waals surface area contributed by atoms with E-state index in [1.165, 1.54) is 28.2 Å². The standard InChI is InChI=1S/C21H29FN4O4S2/c1-14-10-26(11-14)32(29,30)25-20-9-18(8-3-15(2)19(28)12-27)23-21(24-20)31-13-16-4-6-17(22)7-5-16/h4-7,9,14-15,19,27-28H,3,8,10-13H2,1-2H3,(H,23,24,25)/t15-,19-/m0/s1. The molecule has 11 heteroatoms. The van der Waals surface area contributed by atoms with E-state index in [1.54, 1.807) is 18.2 Å². The fourth-order valence-electron chi connectivity index (χ4n) is 3.23. The van der Waals surface area contributed by atoms with E-state index in [9.17, 15) is 17.9 Å². The molecule has 8 nitrogen and oxygen atoms in total. The molecule has 1 aliphatic rings. The summed E-state index contributed by atoms with van der Waals surface area (Å²) in [6.07, 6.45) is 0.229. The normalized spacial score (nSPS) is 17.0. The number of aliphatic hydroxyl groups excluding tert-OH is 2. The van der Waals surface area contributed by atoms with Crippen molar-refractivity contribution in [2.24, 2.45) is 11.8 Å². The molecular formula is C21H29FN4O4S2. The lowest BCUT2D eigenvalue weighted by Crippen LogP contribution is -2.50. The molecule has 3 rings (SSSR count). The summed E-state index contributed by atoms with van der Waals surface area (Å²) in [5.41, 5.74) is 1.52. The second-order valence-corrected chi connectivity index (χ2v) is 10.9. The number of hydrogen-bond acceptors (Lipinski definition) is 7. The molecule has 1 fully saturated rings. The van der Waals surface area contributed by atoms with Crippen LogP contribution in [-0.2, 0) is 22.4 Å². The number of aromatic nitrogens is 2. The van der Waals surface area contributed by atoms with Gasteiger partial charge in [0.25, 0.3) is 0 Å². The third kappa shape index (κ3) is 6.85. The molecule has 0 radical (unpaired) electrons. The van der Waals surface area contributed by atoms with Crippen LogP contribution in [0.4, 0.5) is 10.2 Å². The molecule has 1 aromatic carbocycles. The molecule has 0 amide bonds. The quantitative estimate of drug-likeness (QED) is 0.331. The van der Waals surface area contributed by atoms with Crippen molar-refractivity contribution in [1.82, 2.24) is 14.3 Å². The minimum absolute atomic E-state index is 0.145. The molecule has 1 aromatic heterocycles. The predicted molar refractivity (Wildman–Crippen MR) is 122 cm³/mol. The lowest BCUT2D eigenvalue weighted by atomic mass is 9.98. The highest BCUT2D eigenvalue weighted by Gasteiger charge is 2.33. The summed E-state index contributed by atoms with van der Waals surface area (Å²) in [6.45, 7) is 4.44. The van der Waals surface area contributed by atoms with Crippen LogP contribution >= 0.6 is 11.8 Å². The Morgan fingerprint density at radius 2 is 1.97 bits per heavy atom. The third-order valence-corrected chi connectivity index (χ3v) is 7.71. The summed E-state index contributed by atoms with van der Waals surface area (Å²) >= 11 is 1.32. The first kappa shape index (κ1) is 24.8. The lowest BCUT2D eigenvalue weighted by molar-refractivity contribution is 0.0504. The van der Waals surface area contributed by atoms with Crippen LogP contribution in [0.15, 0.2) is 35.5 Å². The Morgan fingerprint density at radius 3 is 2.59 bits per heavy atom. The molecule has 0 aliphatic carbocycles. The second-order valence-electron chi connectivity index (χ2n) is 8.24. The van der Waals surface area contributed by atoms with Gasteiger partial charge in [0, 0.05) is 30.6 Å². The van der Waals surface area contributed by atoms with Crippen molar-refractivity contribution < 1.29 is 23.0 Å². The Morgan fingerprint density at radius 1 is 1.28 bits per heavy atom. The fraction of sp³-hybridized carbons (Fsp3) is 0.524. The zero-order valence-corrected chi connectivity index (χ0v) is 19.7. The summed E-state index contributed by atoms with van der Waals surface area (Å²) in [7, 11) is -3.69. The van der Waals surface area contributed by atoms with Gasteiger partial charge in [-0.1, -0.05) is 37.7 Å². The second kappa shape index (κ2) is 10.9. The lowest BCUT2D eigenvalue weighted by Gasteiger charge is -2.35. The van der Waals surface area contributed by atoms with Crippen LogP contribution in [0.25, 0.3) is 0 Å². The predicted octanol–water partition coefficient (Wildman–Crippen LogP) is 2.44. The highest BCUT2D eigenvalue weighted by molar-refractivity contribution is 7.98. The summed E-state index contributed by atoms with van der Waals surface area (Å²) in [6, 6.07) is 7.72. The van der Waals surface area contributed by atoms with Gasteiger partial charge in [-0.25, -0.2) is 14.4 Å². The van der Waals surface area contributed by atoms with Gasteiger partial charge < -0.3 is 10.2 Å². The molecule has 0 unspecified atom stereocenters. The van der Waals surface area contributed by atoms with Gasteiger partial charge in [-0.2, -0.15) is 12.7 Å². The van der Waals surface area contributed by atoms with Crippen LogP contribution in [0, 0.1) is 17.7 Å². The number of aryl methyl sites for hydroxylation is 1. The molecule has 0 saturated carbocycles. The Balaban J connectivity index is 1.76. The van der Waals surface area contributed by atoms with Crippen molar-refractivity contribution in [1.29, 1.82) is 0 Å². The van der Waals surface area contributed by atoms with Gasteiger partial charge in [0.2, 0.25) is 0 Å². The largest absolute Gasteiger partial charge is 0.394 e. The Bertz CT molecular complexity index is 1000. The SMILES string of the molecule is CC1CN(S(=O)(=O)Nc2cc(CC[C@H](C)[C@@H](O)CO)nc(SCc3ccc(F)cc3)n2)C1. The van der Waals surface area contributed by atoms with Crippen LogP contribution < -0.4 is 4.72 Å². The van der Waals surface area contributed by atoms with Crippen molar-refractivity contribution in [2.75, 3.05) is 24.4 Å². The number of halogens is 1. The van der Waals surface area contributed by atoms with Crippen LogP contribution in [-0.4, -0.2) is 58.7 Å². The van der Waals surface area contributed by atoms with Crippen molar-refractivity contribution in [3.05, 3.63) is 47.4 Å². The summed E-state index contributed by atoms with van der Waals surface area (Å²) in [5, 5.41) is 19.3. The fourth-order valence-corrected chi connectivity index (χ4v) is 5.46. The number of thioether (sulfide) groups is 1. The molecular weight excluding hydrogens is 455 g/mol. The van der Waals surface area contributed by atoms with Gasteiger partial charge in [0.15, 0.2) is 5.16 Å². The first-order valence-electron chi connectivity index (χ1n) is 10.5. The highest BCUT2D eigenvalue weighted by atomic mass is 32.2. The highest BCUT2D eigenvalue weighted by Crippen LogP contribution is 2.25. The smallest absolute Gasteiger partial charge is 0.302 e. The van der Waals surface area contributed by atoms with Gasteiger partial charge in [0.1, 0.15) is 11.6 Å². The van der Waals surface area contributed by atoms with E-state index in [2.05, 4.69) is 14.7 Å². The summed E-state index contributed by atoms with van der Waals surface area (Å²) in [5.74, 6) is 0.556. The Hall–Kier alpha value is -1.79. The van der Waals surface area contributed by atoms with Gasteiger partial charge in [0.05, 0.1) is 12.7 Å². The first-order valence-corrected chi connectivity index (χ1v) is 12.9. The molecule has 3 N–H and O–H groups in total. The zero-order valence-electron chi connectivity index (χ0n) is 18.1. The van der Waals surface area contributed by atoms with Crippen molar-refractivity contribution in [2.45, 2.75) is 43.7 Å². The van der Waals surface area contributed by atoms with Crippen LogP contribution in [0.3, 0.4) is 0 Å². The van der Waals surface area contributed by atoms with E-state index >= 15 is 0 Å². The van der Waals surface area contributed by atoms with E-state index in [0.717, 1.165) is 5.56 Å². The molecule has 2 heterocycles. The van der Waals surface area contributed by atoms with Gasteiger partial charge in [-0.05, 0) is 42.4 Å². The van der Waals surface area contributed by atoms with Gasteiger partial charge in [-0.15, -0.1) is 0 Å². The Labute approximate surface area is 192 Å². The maximum atomic E-state index is 13.1. The molecule has 176 valence electrons. The maximum absolute atomic E-state index is 13.1. The number of hydrogen-bond donors (Lipinski definition) is 3. The molecule has 1 saturated heterocycles. The minimum atomic E-state index is -3.69. The third-order valence-electron chi connectivity index (χ3n) is 5.34. The number of aliphatic hydroxyl groups is 2. The molecule has 1 aliphatic heterocycles. The van der Waals surface area contributed by atoms with Crippen molar-refractivity contribution in [3.8, 4) is 0 Å². The first-order chi connectivity index (χ1) is 15.2.